The van der Waals surface area contributed by atoms with E-state index in [1.165, 1.54) is 17.2 Å². The van der Waals surface area contributed by atoms with E-state index in [1.54, 1.807) is 42.7 Å². The van der Waals surface area contributed by atoms with E-state index >= 15 is 0 Å². The number of Topliss-reactive ketones (excluding diaryl/α,β-unsaturated/α-hetero) is 1. The molecule has 1 amide bonds. The quantitative estimate of drug-likeness (QED) is 0.488. The van der Waals surface area contributed by atoms with E-state index in [0.29, 0.717) is 30.3 Å². The summed E-state index contributed by atoms with van der Waals surface area (Å²) in [5.41, 5.74) is 1.30. The van der Waals surface area contributed by atoms with Gasteiger partial charge in [0.05, 0.1) is 31.1 Å². The summed E-state index contributed by atoms with van der Waals surface area (Å²) in [5, 5.41) is 10.8. The molecule has 3 aromatic rings. The van der Waals surface area contributed by atoms with E-state index in [-0.39, 0.29) is 17.9 Å². The Bertz CT molecular complexity index is 1170. The Labute approximate surface area is 191 Å². The first-order chi connectivity index (χ1) is 16.0. The van der Waals surface area contributed by atoms with Gasteiger partial charge in [-0.25, -0.2) is 0 Å². The fraction of sp³-hybridized carbons (Fsp3) is 0.240. The fourth-order valence-electron chi connectivity index (χ4n) is 3.86. The highest BCUT2D eigenvalue weighted by Crippen LogP contribution is 2.42. The number of furan rings is 1. The fourth-order valence-corrected chi connectivity index (χ4v) is 3.86. The van der Waals surface area contributed by atoms with Crippen molar-refractivity contribution in [1.82, 2.24) is 9.88 Å². The molecule has 1 aliphatic heterocycles. The number of aliphatic hydroxyl groups excluding tert-OH is 1. The lowest BCUT2D eigenvalue weighted by Gasteiger charge is -2.27. The number of ketones is 1. The molecule has 0 fully saturated rings. The average molecular weight is 448 g/mol. The number of hydrogen-bond acceptors (Lipinski definition) is 7. The minimum absolute atomic E-state index is 0.0357. The zero-order valence-corrected chi connectivity index (χ0v) is 18.4. The van der Waals surface area contributed by atoms with Gasteiger partial charge in [0.25, 0.3) is 5.91 Å². The summed E-state index contributed by atoms with van der Waals surface area (Å²) in [6, 6.07) is 11.0. The van der Waals surface area contributed by atoms with Gasteiger partial charge < -0.3 is 23.9 Å². The molecule has 0 spiro atoms. The smallest absolute Gasteiger partial charge is 0.290 e. The summed E-state index contributed by atoms with van der Waals surface area (Å²) in [6.45, 7) is 4.74. The predicted octanol–water partition coefficient (Wildman–Crippen LogP) is 4.25. The third-order valence-corrected chi connectivity index (χ3v) is 5.25. The first-order valence-corrected chi connectivity index (χ1v) is 10.7. The van der Waals surface area contributed by atoms with Crippen LogP contribution in [0.2, 0.25) is 0 Å². The topological polar surface area (TPSA) is 102 Å². The molecule has 1 atom stereocenters. The predicted molar refractivity (Wildman–Crippen MR) is 119 cm³/mol. The summed E-state index contributed by atoms with van der Waals surface area (Å²) in [7, 11) is 0. The van der Waals surface area contributed by atoms with Gasteiger partial charge in [0.2, 0.25) is 5.78 Å². The first kappa shape index (κ1) is 22.1. The number of nitrogens with zero attached hydrogens (tertiary/aromatic N) is 2. The number of carbonyl (C=O) groups excluding carboxylic acids is 2. The van der Waals surface area contributed by atoms with Crippen molar-refractivity contribution in [2.75, 3.05) is 13.2 Å². The van der Waals surface area contributed by atoms with Gasteiger partial charge in [-0.05, 0) is 55.3 Å². The number of rotatable bonds is 9. The number of aliphatic hydroxyl groups is 1. The van der Waals surface area contributed by atoms with Crippen molar-refractivity contribution >= 4 is 11.7 Å². The Morgan fingerprint density at radius 3 is 2.58 bits per heavy atom. The lowest BCUT2D eigenvalue weighted by atomic mass is 9.94. The van der Waals surface area contributed by atoms with Crippen molar-refractivity contribution in [2.24, 2.45) is 0 Å². The van der Waals surface area contributed by atoms with Gasteiger partial charge in [-0.15, -0.1) is 0 Å². The summed E-state index contributed by atoms with van der Waals surface area (Å²) in [6.07, 6.45) is 4.64. The van der Waals surface area contributed by atoms with Crippen molar-refractivity contribution in [1.29, 1.82) is 0 Å². The maximum atomic E-state index is 13.3. The summed E-state index contributed by atoms with van der Waals surface area (Å²) < 4.78 is 16.7. The number of ether oxygens (including phenoxy) is 2. The van der Waals surface area contributed by atoms with Crippen LogP contribution in [0.4, 0.5) is 0 Å². The Morgan fingerprint density at radius 1 is 1.12 bits per heavy atom. The van der Waals surface area contributed by atoms with Gasteiger partial charge in [-0.1, -0.05) is 12.1 Å². The molecule has 0 bridgehead atoms. The number of hydrogen-bond donors (Lipinski definition) is 1. The highest BCUT2D eigenvalue weighted by atomic mass is 16.5. The van der Waals surface area contributed by atoms with Crippen LogP contribution >= 0.6 is 0 Å². The van der Waals surface area contributed by atoms with E-state index < -0.39 is 23.5 Å². The average Bonchev–Trinajstić information content (AvgIpc) is 3.44. The van der Waals surface area contributed by atoms with Crippen LogP contribution in [-0.2, 0) is 11.3 Å². The molecule has 170 valence electrons. The molecule has 0 radical (unpaired) electrons. The van der Waals surface area contributed by atoms with Crippen molar-refractivity contribution < 1.29 is 28.6 Å². The molecular formula is C25H24N2O6. The normalized spacial score (nSPS) is 15.8. The highest BCUT2D eigenvalue weighted by Gasteiger charge is 2.44. The van der Waals surface area contributed by atoms with Gasteiger partial charge in [-0.2, -0.15) is 0 Å². The van der Waals surface area contributed by atoms with E-state index in [1.807, 2.05) is 19.9 Å². The number of carbonyl (C=O) groups is 2. The van der Waals surface area contributed by atoms with Crippen LogP contribution in [0.25, 0.3) is 0 Å². The molecule has 1 aromatic carbocycles. The van der Waals surface area contributed by atoms with E-state index in [4.69, 9.17) is 13.9 Å². The van der Waals surface area contributed by atoms with Gasteiger partial charge in [-0.3, -0.25) is 14.6 Å². The molecule has 8 nitrogen and oxygen atoms in total. The van der Waals surface area contributed by atoms with Gasteiger partial charge in [0.15, 0.2) is 23.0 Å². The van der Waals surface area contributed by atoms with Crippen LogP contribution < -0.4 is 9.47 Å². The van der Waals surface area contributed by atoms with Crippen LogP contribution in [0.15, 0.2) is 76.9 Å². The van der Waals surface area contributed by atoms with Crippen molar-refractivity contribution in [2.45, 2.75) is 26.4 Å². The Balaban J connectivity index is 1.82. The number of benzene rings is 1. The van der Waals surface area contributed by atoms with Crippen molar-refractivity contribution in [3.8, 4) is 11.5 Å². The van der Waals surface area contributed by atoms with Crippen molar-refractivity contribution in [3.63, 3.8) is 0 Å². The zero-order valence-electron chi connectivity index (χ0n) is 18.4. The van der Waals surface area contributed by atoms with E-state index in [0.717, 1.165) is 5.56 Å². The highest BCUT2D eigenvalue weighted by molar-refractivity contribution is 6.15. The Kier molecular flexibility index (Phi) is 6.44. The summed E-state index contributed by atoms with van der Waals surface area (Å²) in [4.78, 5) is 31.9. The standard InChI is InChI=1S/C25H24N2O6/c1-3-31-18-10-9-17(13-20(18)32-4-2)22-21(23(28)19-8-6-12-33-19)24(29)25(30)27(22)15-16-7-5-11-26-14-16/h5-14,22,29H,3-4,15H2,1-2H3. The number of pyridine rings is 1. The van der Waals surface area contributed by atoms with Gasteiger partial charge in [0, 0.05) is 18.9 Å². The van der Waals surface area contributed by atoms with Crippen LogP contribution in [0, 0.1) is 0 Å². The van der Waals surface area contributed by atoms with E-state index in [2.05, 4.69) is 4.98 Å². The maximum Gasteiger partial charge on any atom is 0.290 e. The largest absolute Gasteiger partial charge is 0.503 e. The minimum Gasteiger partial charge on any atom is -0.503 e. The third kappa shape index (κ3) is 4.32. The van der Waals surface area contributed by atoms with Crippen LogP contribution in [-0.4, -0.2) is 39.9 Å². The molecule has 1 unspecified atom stereocenters. The first-order valence-electron chi connectivity index (χ1n) is 10.7. The summed E-state index contributed by atoms with van der Waals surface area (Å²) in [5.74, 6) is -0.729. The molecule has 2 aromatic heterocycles. The lowest BCUT2D eigenvalue weighted by molar-refractivity contribution is -0.130. The number of aromatic nitrogens is 1. The van der Waals surface area contributed by atoms with E-state index in [9.17, 15) is 14.7 Å². The Hall–Kier alpha value is -4.07. The molecule has 0 saturated carbocycles. The molecule has 4 rings (SSSR count). The zero-order chi connectivity index (χ0) is 23.4. The van der Waals surface area contributed by atoms with Crippen LogP contribution in [0.1, 0.15) is 41.6 Å². The summed E-state index contributed by atoms with van der Waals surface area (Å²) >= 11 is 0. The molecule has 0 saturated heterocycles. The molecule has 1 N–H and O–H groups in total. The van der Waals surface area contributed by atoms with Crippen LogP contribution in [0.5, 0.6) is 11.5 Å². The molecule has 8 heteroatoms. The second-order valence-corrected chi connectivity index (χ2v) is 7.34. The lowest BCUT2D eigenvalue weighted by Crippen LogP contribution is -2.30. The molecule has 1 aliphatic rings. The number of amides is 1. The Morgan fingerprint density at radius 2 is 1.91 bits per heavy atom. The third-order valence-electron chi connectivity index (χ3n) is 5.25. The molecule has 33 heavy (non-hydrogen) atoms. The van der Waals surface area contributed by atoms with Gasteiger partial charge >= 0.3 is 0 Å². The minimum atomic E-state index is -0.856. The molecule has 0 aliphatic carbocycles. The van der Waals surface area contributed by atoms with Gasteiger partial charge in [0.1, 0.15) is 0 Å². The molecular weight excluding hydrogens is 424 g/mol. The SMILES string of the molecule is CCOc1ccc(C2C(C(=O)c3ccco3)=C(O)C(=O)N2Cc2cccnc2)cc1OCC. The second kappa shape index (κ2) is 9.60. The monoisotopic (exact) mass is 448 g/mol. The van der Waals surface area contributed by atoms with Crippen molar-refractivity contribution in [3.05, 3.63) is 89.3 Å². The maximum absolute atomic E-state index is 13.3. The van der Waals surface area contributed by atoms with Crippen LogP contribution in [0.3, 0.4) is 0 Å². The second-order valence-electron chi connectivity index (χ2n) is 7.34. The molecule has 3 heterocycles.